The molecular weight excluding hydrogens is 426 g/mol. The lowest BCUT2D eigenvalue weighted by Gasteiger charge is -2.23. The van der Waals surface area contributed by atoms with Crippen molar-refractivity contribution in [3.05, 3.63) is 59.4 Å². The summed E-state index contributed by atoms with van der Waals surface area (Å²) < 4.78 is 7.59. The Bertz CT molecular complexity index is 1200. The average Bonchev–Trinajstić information content (AvgIpc) is 3.34. The molecule has 0 spiro atoms. The lowest BCUT2D eigenvalue weighted by molar-refractivity contribution is -0.0370. The number of benzene rings is 1. The number of imide groups is 1. The predicted molar refractivity (Wildman–Crippen MR) is 117 cm³/mol. The molecule has 3 amide bonds. The molecule has 2 aliphatic heterocycles. The van der Waals surface area contributed by atoms with Crippen LogP contribution >= 0.6 is 0 Å². The van der Waals surface area contributed by atoms with E-state index < -0.39 is 23.9 Å². The second-order valence-corrected chi connectivity index (χ2v) is 8.28. The maximum absolute atomic E-state index is 12.7. The van der Waals surface area contributed by atoms with Crippen LogP contribution in [0.5, 0.6) is 0 Å². The largest absolute Gasteiger partial charge is 0.465 e. The second kappa shape index (κ2) is 8.62. The standard InChI is InChI=1S/C23H23N5O5/c29-21-17-5-1-2-6-18(17)22(30)27(21)13-16(26-23(31)32)10-14-9-15-12-25-28(20(15)24-11-14)19-7-3-4-8-33-19/h1-2,5-6,9,11-12,16,19,26H,3-4,7-8,10,13H2,(H,31,32). The van der Waals surface area contributed by atoms with E-state index in [1.807, 2.05) is 6.07 Å². The highest BCUT2D eigenvalue weighted by Gasteiger charge is 2.36. The van der Waals surface area contributed by atoms with E-state index in [0.29, 0.717) is 23.4 Å². The van der Waals surface area contributed by atoms with Gasteiger partial charge in [-0.3, -0.25) is 14.5 Å². The number of ether oxygens (including phenoxy) is 1. The van der Waals surface area contributed by atoms with Crippen molar-refractivity contribution in [2.75, 3.05) is 13.2 Å². The minimum absolute atomic E-state index is 0.0775. The minimum Gasteiger partial charge on any atom is -0.465 e. The molecule has 0 aliphatic carbocycles. The number of nitrogens with one attached hydrogen (secondary N) is 1. The topological polar surface area (TPSA) is 127 Å². The van der Waals surface area contributed by atoms with Gasteiger partial charge in [-0.05, 0) is 49.4 Å². The fourth-order valence-electron chi connectivity index (χ4n) is 4.47. The van der Waals surface area contributed by atoms with Crippen LogP contribution < -0.4 is 5.32 Å². The van der Waals surface area contributed by atoms with Crippen LogP contribution in [0.4, 0.5) is 4.79 Å². The molecule has 3 aromatic rings. The summed E-state index contributed by atoms with van der Waals surface area (Å²) in [5, 5.41) is 17.0. The third kappa shape index (κ3) is 4.05. The van der Waals surface area contributed by atoms with Crippen LogP contribution in [0.1, 0.15) is 51.8 Å². The quantitative estimate of drug-likeness (QED) is 0.554. The lowest BCUT2D eigenvalue weighted by Crippen LogP contribution is -2.46. The monoisotopic (exact) mass is 449 g/mol. The van der Waals surface area contributed by atoms with Gasteiger partial charge >= 0.3 is 6.09 Å². The maximum Gasteiger partial charge on any atom is 0.404 e. The lowest BCUT2D eigenvalue weighted by atomic mass is 10.1. The van der Waals surface area contributed by atoms with E-state index in [-0.39, 0.29) is 19.2 Å². The summed E-state index contributed by atoms with van der Waals surface area (Å²) in [6.45, 7) is 0.621. The predicted octanol–water partition coefficient (Wildman–Crippen LogP) is 2.61. The van der Waals surface area contributed by atoms with Gasteiger partial charge in [-0.2, -0.15) is 5.10 Å². The summed E-state index contributed by atoms with van der Waals surface area (Å²) in [7, 11) is 0. The average molecular weight is 449 g/mol. The van der Waals surface area contributed by atoms with Crippen molar-refractivity contribution in [1.29, 1.82) is 0 Å². The van der Waals surface area contributed by atoms with Crippen molar-refractivity contribution in [1.82, 2.24) is 25.0 Å². The highest BCUT2D eigenvalue weighted by molar-refractivity contribution is 6.21. The molecule has 10 nitrogen and oxygen atoms in total. The molecule has 1 fully saturated rings. The van der Waals surface area contributed by atoms with E-state index in [0.717, 1.165) is 35.1 Å². The fraction of sp³-hybridized carbons (Fsp3) is 0.348. The summed E-state index contributed by atoms with van der Waals surface area (Å²) in [5.41, 5.74) is 2.13. The Morgan fingerprint density at radius 3 is 2.61 bits per heavy atom. The van der Waals surface area contributed by atoms with Crippen LogP contribution in [0.25, 0.3) is 11.0 Å². The third-order valence-corrected chi connectivity index (χ3v) is 6.01. The van der Waals surface area contributed by atoms with Crippen LogP contribution in [0.3, 0.4) is 0 Å². The van der Waals surface area contributed by atoms with E-state index in [1.54, 1.807) is 41.3 Å². The molecule has 2 aromatic heterocycles. The molecule has 5 rings (SSSR count). The first-order valence-electron chi connectivity index (χ1n) is 10.9. The van der Waals surface area contributed by atoms with Crippen LogP contribution in [-0.2, 0) is 11.2 Å². The Hall–Kier alpha value is -3.79. The van der Waals surface area contributed by atoms with Gasteiger partial charge in [0.2, 0.25) is 0 Å². The van der Waals surface area contributed by atoms with E-state index in [9.17, 15) is 19.5 Å². The first-order valence-corrected chi connectivity index (χ1v) is 10.9. The van der Waals surface area contributed by atoms with Crippen LogP contribution in [0, 0.1) is 0 Å². The smallest absolute Gasteiger partial charge is 0.404 e. The van der Waals surface area contributed by atoms with E-state index in [2.05, 4.69) is 15.4 Å². The van der Waals surface area contributed by atoms with Crippen molar-refractivity contribution >= 4 is 28.9 Å². The van der Waals surface area contributed by atoms with E-state index >= 15 is 0 Å². The molecule has 0 radical (unpaired) electrons. The summed E-state index contributed by atoms with van der Waals surface area (Å²) in [6, 6.07) is 7.79. The first kappa shape index (κ1) is 21.1. The number of aromatic nitrogens is 3. The first-order chi connectivity index (χ1) is 16.0. The van der Waals surface area contributed by atoms with Crippen molar-refractivity contribution < 1.29 is 24.2 Å². The highest BCUT2D eigenvalue weighted by atomic mass is 16.5. The molecule has 170 valence electrons. The summed E-state index contributed by atoms with van der Waals surface area (Å²) in [5.74, 6) is -0.842. The Morgan fingerprint density at radius 2 is 1.94 bits per heavy atom. The maximum atomic E-state index is 12.7. The van der Waals surface area contributed by atoms with Gasteiger partial charge in [0.15, 0.2) is 11.9 Å². The number of fused-ring (bicyclic) bond motifs is 2. The van der Waals surface area contributed by atoms with Crippen molar-refractivity contribution in [3.63, 3.8) is 0 Å². The summed E-state index contributed by atoms with van der Waals surface area (Å²) in [6.07, 6.45) is 5.27. The molecule has 2 unspecified atom stereocenters. The number of hydrogen-bond acceptors (Lipinski definition) is 6. The number of carbonyl (C=O) groups is 3. The fourth-order valence-corrected chi connectivity index (χ4v) is 4.47. The Morgan fingerprint density at radius 1 is 1.18 bits per heavy atom. The van der Waals surface area contributed by atoms with Gasteiger partial charge in [-0.1, -0.05) is 12.1 Å². The number of pyridine rings is 1. The minimum atomic E-state index is -1.23. The van der Waals surface area contributed by atoms with E-state index in [1.165, 1.54) is 0 Å². The number of amides is 3. The van der Waals surface area contributed by atoms with Crippen LogP contribution in [-0.4, -0.2) is 61.9 Å². The molecule has 2 atom stereocenters. The van der Waals surface area contributed by atoms with Crippen molar-refractivity contribution in [2.45, 2.75) is 38.0 Å². The molecule has 2 N–H and O–H groups in total. The van der Waals surface area contributed by atoms with Gasteiger partial charge in [0.05, 0.1) is 29.9 Å². The molecule has 2 aliphatic rings. The normalized spacial score (nSPS) is 19.0. The molecule has 0 bridgehead atoms. The number of hydrogen-bond donors (Lipinski definition) is 2. The van der Waals surface area contributed by atoms with Crippen molar-refractivity contribution in [2.24, 2.45) is 0 Å². The van der Waals surface area contributed by atoms with E-state index in [4.69, 9.17) is 4.74 Å². The van der Waals surface area contributed by atoms with Gasteiger partial charge in [-0.15, -0.1) is 0 Å². The molecular formula is C23H23N5O5. The molecule has 33 heavy (non-hydrogen) atoms. The Labute approximate surface area is 189 Å². The number of carboxylic acid groups (broad SMARTS) is 1. The third-order valence-electron chi connectivity index (χ3n) is 6.01. The SMILES string of the molecule is O=C(O)NC(Cc1cnc2c(cnn2C2CCCCO2)c1)CN1C(=O)c2ccccc2C1=O. The number of nitrogens with zero attached hydrogens (tertiary/aromatic N) is 4. The van der Waals surface area contributed by atoms with Crippen LogP contribution in [0.2, 0.25) is 0 Å². The van der Waals surface area contributed by atoms with Gasteiger partial charge < -0.3 is 15.2 Å². The Kier molecular flexibility index (Phi) is 5.51. The number of carbonyl (C=O) groups excluding carboxylic acids is 2. The molecule has 4 heterocycles. The summed E-state index contributed by atoms with van der Waals surface area (Å²) >= 11 is 0. The zero-order chi connectivity index (χ0) is 22.9. The molecule has 1 aromatic carbocycles. The van der Waals surface area contributed by atoms with Crippen LogP contribution in [0.15, 0.2) is 42.7 Å². The highest BCUT2D eigenvalue weighted by Crippen LogP contribution is 2.26. The second-order valence-electron chi connectivity index (χ2n) is 8.28. The molecule has 0 saturated carbocycles. The Balaban J connectivity index is 1.35. The van der Waals surface area contributed by atoms with Gasteiger partial charge in [-0.25, -0.2) is 14.5 Å². The van der Waals surface area contributed by atoms with Gasteiger partial charge in [0, 0.05) is 18.2 Å². The zero-order valence-electron chi connectivity index (χ0n) is 17.8. The number of rotatable bonds is 6. The van der Waals surface area contributed by atoms with Gasteiger partial charge in [0.1, 0.15) is 0 Å². The molecule has 1 saturated heterocycles. The summed E-state index contributed by atoms with van der Waals surface area (Å²) in [4.78, 5) is 42.4. The zero-order valence-corrected chi connectivity index (χ0v) is 17.8. The molecule has 10 heteroatoms. The van der Waals surface area contributed by atoms with Gasteiger partial charge in [0.25, 0.3) is 11.8 Å². The van der Waals surface area contributed by atoms with Crippen molar-refractivity contribution in [3.8, 4) is 0 Å².